The molecular weight excluding hydrogens is 1190 g/mol. The quantitative estimate of drug-likeness (QED) is 0.0199. The second kappa shape index (κ2) is 55.4. The molecule has 17 unspecified atom stereocenters. The Morgan fingerprint density at radius 2 is 0.742 bits per heavy atom. The highest BCUT2D eigenvalue weighted by Crippen LogP contribution is 2.33. The molecule has 1 amide bonds. The van der Waals surface area contributed by atoms with Crippen molar-refractivity contribution in [3.8, 4) is 0 Å². The molecule has 0 aromatic rings. The molecule has 17 atom stereocenters. The predicted octanol–water partition coefficient (Wildman–Crippen LogP) is 10.7. The van der Waals surface area contributed by atoms with Crippen LogP contribution in [-0.4, -0.2) is 193 Å². The van der Waals surface area contributed by atoms with E-state index in [-0.39, 0.29) is 18.9 Å². The van der Waals surface area contributed by atoms with E-state index in [4.69, 9.17) is 28.4 Å². The lowest BCUT2D eigenvalue weighted by Gasteiger charge is -2.48. The SMILES string of the molecule is CC/C=C\C/C=C\C/C=C\C/C=C\CCCCCCCCCCCCC(=O)NC(COC1OC(CO)C(OC2OC(CO)C(OC3OC(CO)C(O)C(O)C3O)C(O)C2O)C(O)C1O)C(O)/C=C/CCCCCCCCCCCCCCCCCCCCCCCCC. The number of unbranched alkanes of at least 4 members (excludes halogenated alkanes) is 33. The topological polar surface area (TPSA) is 307 Å². The van der Waals surface area contributed by atoms with Crippen molar-refractivity contribution < 1.29 is 89.4 Å². The van der Waals surface area contributed by atoms with Gasteiger partial charge in [-0.2, -0.15) is 0 Å². The number of aliphatic hydroxyl groups excluding tert-OH is 11. The van der Waals surface area contributed by atoms with Crippen molar-refractivity contribution in [3.05, 3.63) is 60.8 Å². The Bertz CT molecular complexity index is 1920. The predicted molar refractivity (Wildman–Crippen MR) is 365 cm³/mol. The van der Waals surface area contributed by atoms with Gasteiger partial charge in [0.1, 0.15) is 73.2 Å². The summed E-state index contributed by atoms with van der Waals surface area (Å²) in [6.45, 7) is 1.64. The van der Waals surface area contributed by atoms with E-state index in [0.717, 1.165) is 83.5 Å². The van der Waals surface area contributed by atoms with Gasteiger partial charge in [-0.3, -0.25) is 4.79 Å². The standard InChI is InChI=1S/C74H133NO18/c1-3-5-7-9-11-13-15-17-19-21-23-25-27-28-30-31-33-35-37-39-41-43-45-47-49-51-58(79)57(75-62(80)52-50-48-46-44-42-40-38-36-34-32-29-26-24-22-20-18-16-14-12-10-8-6-4-2)56-88-72-68(86)65(83)70(60(54-77)90-72)93-74-69(87)66(84)71(61(55-78)91-74)92-73-67(85)64(82)63(81)59(53-76)89-73/h6,8,12,14,18,20,24,26,49,51,57-61,63-74,76-79,81-87H,3-5,7,9-11,13,15-17,19,21-23,25,27-48,50,52-56H2,1-2H3,(H,75,80)/b8-6-,14-12-,20-18-,26-24-,51-49+. The lowest BCUT2D eigenvalue weighted by molar-refractivity contribution is -0.379. The number of rotatable bonds is 57. The van der Waals surface area contributed by atoms with Crippen LogP contribution in [0.2, 0.25) is 0 Å². The number of hydrogen-bond donors (Lipinski definition) is 12. The molecular formula is C74H133NO18. The van der Waals surface area contributed by atoms with Crippen molar-refractivity contribution >= 4 is 5.91 Å². The molecule has 3 rings (SSSR count). The minimum atomic E-state index is -1.98. The summed E-state index contributed by atoms with van der Waals surface area (Å²) >= 11 is 0. The Labute approximate surface area is 560 Å². The molecule has 3 heterocycles. The zero-order valence-corrected chi connectivity index (χ0v) is 57.5. The molecule has 3 saturated heterocycles. The molecule has 0 bridgehead atoms. The maximum atomic E-state index is 13.4. The molecule has 19 heteroatoms. The largest absolute Gasteiger partial charge is 0.394 e. The first kappa shape index (κ1) is 84.7. The third-order valence-corrected chi connectivity index (χ3v) is 18.3. The fourth-order valence-electron chi connectivity index (χ4n) is 12.4. The smallest absolute Gasteiger partial charge is 0.220 e. The number of ether oxygens (including phenoxy) is 6. The molecule has 93 heavy (non-hydrogen) atoms. The Balaban J connectivity index is 1.42. The van der Waals surface area contributed by atoms with E-state index in [1.807, 2.05) is 6.08 Å². The maximum absolute atomic E-state index is 13.4. The molecule has 0 saturated carbocycles. The van der Waals surface area contributed by atoms with Crippen molar-refractivity contribution in [2.45, 2.75) is 375 Å². The molecule has 3 aliphatic heterocycles. The molecule has 0 spiro atoms. The highest BCUT2D eigenvalue weighted by molar-refractivity contribution is 5.76. The van der Waals surface area contributed by atoms with Gasteiger partial charge in [-0.25, -0.2) is 0 Å². The van der Waals surface area contributed by atoms with Crippen LogP contribution in [-0.2, 0) is 33.2 Å². The molecule has 0 aromatic heterocycles. The average Bonchev–Trinajstić information content (AvgIpc) is 0.814. The third-order valence-electron chi connectivity index (χ3n) is 18.3. The minimum Gasteiger partial charge on any atom is -0.394 e. The number of carbonyl (C=O) groups is 1. The second-order valence-corrected chi connectivity index (χ2v) is 26.4. The van der Waals surface area contributed by atoms with Crippen LogP contribution in [0.4, 0.5) is 0 Å². The lowest BCUT2D eigenvalue weighted by atomic mass is 9.96. The highest BCUT2D eigenvalue weighted by Gasteiger charge is 2.53. The number of amides is 1. The van der Waals surface area contributed by atoms with Gasteiger partial charge in [-0.1, -0.05) is 267 Å². The molecule has 0 radical (unpaired) electrons. The second-order valence-electron chi connectivity index (χ2n) is 26.4. The van der Waals surface area contributed by atoms with Crippen molar-refractivity contribution in [1.82, 2.24) is 5.32 Å². The summed E-state index contributed by atoms with van der Waals surface area (Å²) in [4.78, 5) is 13.4. The van der Waals surface area contributed by atoms with E-state index >= 15 is 0 Å². The van der Waals surface area contributed by atoms with E-state index in [1.165, 1.54) is 161 Å². The van der Waals surface area contributed by atoms with Gasteiger partial charge in [0.05, 0.1) is 38.6 Å². The Hall–Kier alpha value is -2.51. The van der Waals surface area contributed by atoms with E-state index in [9.17, 15) is 61.0 Å². The number of carbonyl (C=O) groups excluding carboxylic acids is 1. The van der Waals surface area contributed by atoms with Crippen LogP contribution in [0.5, 0.6) is 0 Å². The van der Waals surface area contributed by atoms with Crippen molar-refractivity contribution in [2.75, 3.05) is 26.4 Å². The van der Waals surface area contributed by atoms with Crippen LogP contribution in [0.25, 0.3) is 0 Å². The molecule has 3 aliphatic rings. The van der Waals surface area contributed by atoms with Crippen molar-refractivity contribution in [2.24, 2.45) is 0 Å². The Morgan fingerprint density at radius 1 is 0.398 bits per heavy atom. The highest BCUT2D eigenvalue weighted by atomic mass is 16.8. The van der Waals surface area contributed by atoms with Crippen molar-refractivity contribution in [1.29, 1.82) is 0 Å². The zero-order valence-electron chi connectivity index (χ0n) is 57.5. The first-order valence-electron chi connectivity index (χ1n) is 37.0. The summed E-state index contributed by atoms with van der Waals surface area (Å²) in [5, 5.41) is 121. The van der Waals surface area contributed by atoms with Crippen LogP contribution < -0.4 is 5.32 Å². The molecule has 19 nitrogen and oxygen atoms in total. The fraction of sp³-hybridized carbons (Fsp3) is 0.851. The van der Waals surface area contributed by atoms with E-state index in [2.05, 4.69) is 67.8 Å². The molecule has 542 valence electrons. The van der Waals surface area contributed by atoms with Gasteiger partial charge in [0.15, 0.2) is 18.9 Å². The van der Waals surface area contributed by atoms with E-state index in [0.29, 0.717) is 6.42 Å². The molecule has 3 fully saturated rings. The molecule has 0 aliphatic carbocycles. The summed E-state index contributed by atoms with van der Waals surface area (Å²) in [5.74, 6) is -0.279. The average molecular weight is 1320 g/mol. The van der Waals surface area contributed by atoms with Gasteiger partial charge in [0, 0.05) is 6.42 Å². The summed E-state index contributed by atoms with van der Waals surface area (Å²) in [6, 6.07) is -0.979. The third kappa shape index (κ3) is 36.8. The fourth-order valence-corrected chi connectivity index (χ4v) is 12.4. The van der Waals surface area contributed by atoms with Crippen LogP contribution in [0.3, 0.4) is 0 Å². The first-order valence-corrected chi connectivity index (χ1v) is 37.0. The van der Waals surface area contributed by atoms with Gasteiger partial charge in [0.25, 0.3) is 0 Å². The number of aliphatic hydroxyl groups is 11. The molecule has 12 N–H and O–H groups in total. The Kier molecular flexibility index (Phi) is 50.4. The van der Waals surface area contributed by atoms with Gasteiger partial charge in [-0.15, -0.1) is 0 Å². The van der Waals surface area contributed by atoms with Gasteiger partial charge in [0.2, 0.25) is 5.91 Å². The minimum absolute atomic E-state index is 0.236. The number of allylic oxidation sites excluding steroid dienone is 9. The van der Waals surface area contributed by atoms with E-state index < -0.39 is 124 Å². The Morgan fingerprint density at radius 3 is 1.16 bits per heavy atom. The number of nitrogens with one attached hydrogen (secondary N) is 1. The zero-order chi connectivity index (χ0) is 67.5. The van der Waals surface area contributed by atoms with Gasteiger partial charge in [-0.05, 0) is 57.8 Å². The summed E-state index contributed by atoms with van der Waals surface area (Å²) < 4.78 is 34.4. The lowest BCUT2D eigenvalue weighted by Crippen LogP contribution is -2.66. The number of hydrogen-bond acceptors (Lipinski definition) is 18. The molecule has 0 aromatic carbocycles. The van der Waals surface area contributed by atoms with Crippen LogP contribution in [0, 0.1) is 0 Å². The maximum Gasteiger partial charge on any atom is 0.220 e. The van der Waals surface area contributed by atoms with Gasteiger partial charge < -0.3 is 89.9 Å². The van der Waals surface area contributed by atoms with Crippen LogP contribution in [0.1, 0.15) is 271 Å². The van der Waals surface area contributed by atoms with E-state index in [1.54, 1.807) is 6.08 Å². The monoisotopic (exact) mass is 1320 g/mol. The van der Waals surface area contributed by atoms with Gasteiger partial charge >= 0.3 is 0 Å². The van der Waals surface area contributed by atoms with Crippen LogP contribution in [0.15, 0.2) is 60.8 Å². The summed E-state index contributed by atoms with van der Waals surface area (Å²) in [7, 11) is 0. The summed E-state index contributed by atoms with van der Waals surface area (Å²) in [6.07, 6.45) is 41.9. The first-order chi connectivity index (χ1) is 45.3. The summed E-state index contributed by atoms with van der Waals surface area (Å²) in [5.41, 5.74) is 0. The normalized spacial score (nSPS) is 27.9. The van der Waals surface area contributed by atoms with Crippen molar-refractivity contribution in [3.63, 3.8) is 0 Å². The van der Waals surface area contributed by atoms with Crippen LogP contribution >= 0.6 is 0 Å².